The summed E-state index contributed by atoms with van der Waals surface area (Å²) < 4.78 is 0. The molecule has 0 aliphatic rings. The number of nitrogens with one attached hydrogen (secondary N) is 2. The molecule has 2 unspecified atom stereocenters. The monoisotopic (exact) mass is 442 g/mol. The van der Waals surface area contributed by atoms with Gasteiger partial charge < -0.3 is 26.4 Å². The Labute approximate surface area is 195 Å². The Morgan fingerprint density at radius 3 is 1.94 bits per heavy atom. The minimum atomic E-state index is -0.236. The van der Waals surface area contributed by atoms with Gasteiger partial charge in [-0.15, -0.1) is 0 Å². The first kappa shape index (κ1) is 30.8. The van der Waals surface area contributed by atoms with Gasteiger partial charge in [0.25, 0.3) is 0 Å². The van der Waals surface area contributed by atoms with Crippen molar-refractivity contribution in [3.05, 3.63) is 0 Å². The van der Waals surface area contributed by atoms with Gasteiger partial charge in [0.15, 0.2) is 0 Å². The van der Waals surface area contributed by atoms with Crippen LogP contribution in [0, 0.1) is 17.3 Å². The van der Waals surface area contributed by atoms with Crippen molar-refractivity contribution in [2.45, 2.75) is 112 Å². The van der Waals surface area contributed by atoms with Crippen molar-refractivity contribution in [3.63, 3.8) is 0 Å². The zero-order valence-corrected chi connectivity index (χ0v) is 22.6. The molecule has 5 N–H and O–H groups in total. The Morgan fingerprint density at radius 1 is 0.871 bits per heavy atom. The van der Waals surface area contributed by atoms with Crippen LogP contribution in [0.25, 0.3) is 0 Å². The second kappa shape index (κ2) is 15.6. The summed E-state index contributed by atoms with van der Waals surface area (Å²) in [5.41, 5.74) is 5.93. The summed E-state index contributed by atoms with van der Waals surface area (Å²) >= 11 is 0. The highest BCUT2D eigenvalue weighted by molar-refractivity contribution is 4.86. The molecule has 0 aromatic heterocycles. The van der Waals surface area contributed by atoms with Gasteiger partial charge in [-0.1, -0.05) is 48.5 Å². The largest absolute Gasteiger partial charge is 0.393 e. The minimum Gasteiger partial charge on any atom is -0.393 e. The lowest BCUT2D eigenvalue weighted by atomic mass is 9.74. The quantitative estimate of drug-likeness (QED) is 0.225. The molecular weight excluding hydrogens is 384 g/mol. The van der Waals surface area contributed by atoms with Gasteiger partial charge in [-0.05, 0) is 102 Å². The van der Waals surface area contributed by atoms with E-state index in [1.807, 2.05) is 0 Å². The Morgan fingerprint density at radius 2 is 1.42 bits per heavy atom. The second-order valence-corrected chi connectivity index (χ2v) is 11.6. The first-order valence-electron chi connectivity index (χ1n) is 12.9. The van der Waals surface area contributed by atoms with E-state index in [2.05, 4.69) is 77.8 Å². The molecule has 0 fully saturated rings. The molecule has 5 nitrogen and oxygen atoms in total. The van der Waals surface area contributed by atoms with Gasteiger partial charge in [0.05, 0.1) is 6.10 Å². The van der Waals surface area contributed by atoms with Crippen LogP contribution >= 0.6 is 0 Å². The van der Waals surface area contributed by atoms with Gasteiger partial charge in [-0.3, -0.25) is 0 Å². The molecule has 0 heterocycles. The molecule has 0 saturated carbocycles. The van der Waals surface area contributed by atoms with E-state index in [1.165, 1.54) is 6.42 Å². The first-order chi connectivity index (χ1) is 14.3. The van der Waals surface area contributed by atoms with E-state index in [1.54, 1.807) is 0 Å². The molecule has 5 heteroatoms. The number of aliphatic hydroxyl groups is 1. The Hall–Kier alpha value is -0.200. The van der Waals surface area contributed by atoms with Crippen molar-refractivity contribution in [3.8, 4) is 0 Å². The average Bonchev–Trinajstić information content (AvgIpc) is 2.64. The van der Waals surface area contributed by atoms with E-state index in [0.29, 0.717) is 17.9 Å². The van der Waals surface area contributed by atoms with E-state index in [0.717, 1.165) is 65.0 Å². The maximum absolute atomic E-state index is 10.7. The van der Waals surface area contributed by atoms with E-state index >= 15 is 0 Å². The molecule has 0 rings (SSSR count). The van der Waals surface area contributed by atoms with Crippen molar-refractivity contribution < 1.29 is 5.11 Å². The third kappa shape index (κ3) is 14.5. The van der Waals surface area contributed by atoms with Crippen LogP contribution in [-0.4, -0.2) is 67.0 Å². The standard InChI is InChI=1S/C26H58N4O/c1-21(2)25(6,7)20-24(31)19-23(5)26(8,9)29-15-12-18-30(16-10-13-27)17-11-14-28-22(3)4/h21-24,28-29,31H,10-20,27H2,1-9H3. The first-order valence-corrected chi connectivity index (χ1v) is 12.9. The predicted octanol–water partition coefficient (Wildman–Crippen LogP) is 4.24. The fourth-order valence-electron chi connectivity index (χ4n) is 3.86. The van der Waals surface area contributed by atoms with Crippen LogP contribution in [0.1, 0.15) is 94.4 Å². The summed E-state index contributed by atoms with van der Waals surface area (Å²) in [7, 11) is 0. The van der Waals surface area contributed by atoms with Gasteiger partial charge in [0.2, 0.25) is 0 Å². The molecule has 0 radical (unpaired) electrons. The number of rotatable bonds is 19. The lowest BCUT2D eigenvalue weighted by Crippen LogP contribution is -2.47. The Kier molecular flexibility index (Phi) is 15.5. The molecule has 188 valence electrons. The molecular formula is C26H58N4O. The van der Waals surface area contributed by atoms with Gasteiger partial charge in [0.1, 0.15) is 0 Å². The van der Waals surface area contributed by atoms with Crippen LogP contribution in [0.2, 0.25) is 0 Å². The molecule has 31 heavy (non-hydrogen) atoms. The maximum Gasteiger partial charge on any atom is 0.0548 e. The lowest BCUT2D eigenvalue weighted by molar-refractivity contribution is 0.0587. The summed E-state index contributed by atoms with van der Waals surface area (Å²) in [6.45, 7) is 26.5. The van der Waals surface area contributed by atoms with Crippen LogP contribution < -0.4 is 16.4 Å². The van der Waals surface area contributed by atoms with Crippen LogP contribution in [0.4, 0.5) is 0 Å². The highest BCUT2D eigenvalue weighted by Crippen LogP contribution is 2.34. The second-order valence-electron chi connectivity index (χ2n) is 11.6. The fourth-order valence-corrected chi connectivity index (χ4v) is 3.86. The number of aliphatic hydroxyl groups excluding tert-OH is 1. The van der Waals surface area contributed by atoms with Crippen LogP contribution in [0.5, 0.6) is 0 Å². The average molecular weight is 443 g/mol. The molecule has 0 aromatic carbocycles. The number of nitrogens with zero attached hydrogens (tertiary/aromatic N) is 1. The van der Waals surface area contributed by atoms with Crippen LogP contribution in [-0.2, 0) is 0 Å². The predicted molar refractivity (Wildman–Crippen MR) is 138 cm³/mol. The third-order valence-corrected chi connectivity index (χ3v) is 7.30. The van der Waals surface area contributed by atoms with Crippen LogP contribution in [0.3, 0.4) is 0 Å². The third-order valence-electron chi connectivity index (χ3n) is 7.30. The molecule has 2 atom stereocenters. The maximum atomic E-state index is 10.7. The van der Waals surface area contributed by atoms with Crippen LogP contribution in [0.15, 0.2) is 0 Å². The Bertz CT molecular complexity index is 437. The van der Waals surface area contributed by atoms with Crippen molar-refractivity contribution in [1.29, 1.82) is 0 Å². The Balaban J connectivity index is 4.37. The molecule has 0 saturated heterocycles. The summed E-state index contributed by atoms with van der Waals surface area (Å²) in [5, 5.41) is 18.0. The van der Waals surface area contributed by atoms with Gasteiger partial charge >= 0.3 is 0 Å². The minimum absolute atomic E-state index is 0.0201. The van der Waals surface area contributed by atoms with Crippen molar-refractivity contribution >= 4 is 0 Å². The zero-order chi connectivity index (χ0) is 24.1. The fraction of sp³-hybridized carbons (Fsp3) is 1.00. The number of nitrogens with two attached hydrogens (primary N) is 1. The molecule has 0 bridgehead atoms. The summed E-state index contributed by atoms with van der Waals surface area (Å²) in [6.07, 6.45) is 4.87. The van der Waals surface area contributed by atoms with E-state index < -0.39 is 0 Å². The summed E-state index contributed by atoms with van der Waals surface area (Å²) in [5.74, 6) is 0.993. The van der Waals surface area contributed by atoms with E-state index in [4.69, 9.17) is 5.73 Å². The highest BCUT2D eigenvalue weighted by Gasteiger charge is 2.31. The van der Waals surface area contributed by atoms with E-state index in [-0.39, 0.29) is 17.1 Å². The number of hydrogen-bond acceptors (Lipinski definition) is 5. The topological polar surface area (TPSA) is 73.5 Å². The van der Waals surface area contributed by atoms with Gasteiger partial charge in [0, 0.05) is 11.6 Å². The molecule has 0 aliphatic carbocycles. The van der Waals surface area contributed by atoms with Gasteiger partial charge in [-0.2, -0.15) is 0 Å². The van der Waals surface area contributed by atoms with Crippen molar-refractivity contribution in [2.24, 2.45) is 23.0 Å². The van der Waals surface area contributed by atoms with Gasteiger partial charge in [-0.25, -0.2) is 0 Å². The SMILES string of the molecule is CC(C)NCCCN(CCCN)CCCNC(C)(C)C(C)CC(O)CC(C)(C)C(C)C. The normalized spacial score (nSPS) is 15.3. The molecule has 0 spiro atoms. The van der Waals surface area contributed by atoms with E-state index in [9.17, 15) is 5.11 Å². The molecule has 0 aliphatic heterocycles. The molecule has 0 amide bonds. The lowest BCUT2D eigenvalue weighted by Gasteiger charge is -2.37. The van der Waals surface area contributed by atoms with Crippen molar-refractivity contribution in [1.82, 2.24) is 15.5 Å². The zero-order valence-electron chi connectivity index (χ0n) is 22.6. The molecule has 0 aromatic rings. The smallest absolute Gasteiger partial charge is 0.0548 e. The summed E-state index contributed by atoms with van der Waals surface area (Å²) in [4.78, 5) is 2.56. The summed E-state index contributed by atoms with van der Waals surface area (Å²) in [6, 6.07) is 0.556. The highest BCUT2D eigenvalue weighted by atomic mass is 16.3. The van der Waals surface area contributed by atoms with Crippen molar-refractivity contribution in [2.75, 3.05) is 39.3 Å². The number of hydrogen-bond donors (Lipinski definition) is 4.